The zero-order valence-electron chi connectivity index (χ0n) is 11.5. The first-order chi connectivity index (χ1) is 10.1. The van der Waals surface area contributed by atoms with Crippen molar-refractivity contribution >= 4 is 34.4 Å². The Balaban J connectivity index is 2.00. The lowest BCUT2D eigenvalue weighted by Gasteiger charge is -2.09. The van der Waals surface area contributed by atoms with Gasteiger partial charge in [0.25, 0.3) is 0 Å². The van der Waals surface area contributed by atoms with Crippen molar-refractivity contribution in [3.05, 3.63) is 46.1 Å². The van der Waals surface area contributed by atoms with Crippen molar-refractivity contribution in [2.24, 2.45) is 0 Å². The monoisotopic (exact) mass is 322 g/mol. The highest BCUT2D eigenvalue weighted by Gasteiger charge is 2.12. The van der Waals surface area contributed by atoms with Gasteiger partial charge < -0.3 is 9.30 Å². The number of rotatable bonds is 3. The summed E-state index contributed by atoms with van der Waals surface area (Å²) in [5, 5.41) is 0.394. The molecule has 3 aromatic rings. The second-order valence-corrected chi connectivity index (χ2v) is 5.33. The molecule has 2 heterocycles. The molecule has 0 N–H and O–H groups in total. The quantitative estimate of drug-likeness (QED) is 0.547. The van der Waals surface area contributed by atoms with E-state index >= 15 is 0 Å². The molecule has 0 radical (unpaired) electrons. The van der Waals surface area contributed by atoms with E-state index in [1.54, 1.807) is 13.4 Å². The Morgan fingerprint density at radius 2 is 2.05 bits per heavy atom. The van der Waals surface area contributed by atoms with E-state index in [0.717, 1.165) is 16.9 Å². The van der Waals surface area contributed by atoms with Gasteiger partial charge >= 0.3 is 0 Å². The van der Waals surface area contributed by atoms with Crippen molar-refractivity contribution in [1.82, 2.24) is 19.5 Å². The SMILES string of the molecule is COc1ccc(Cn2cnc3nc(Cl)nc(Cl)c32)cc1C. The van der Waals surface area contributed by atoms with Gasteiger partial charge in [0.05, 0.1) is 13.4 Å². The smallest absolute Gasteiger partial charge is 0.225 e. The Kier molecular flexibility index (Phi) is 3.69. The minimum absolute atomic E-state index is 0.0954. The molecule has 0 spiro atoms. The molecule has 0 fully saturated rings. The summed E-state index contributed by atoms with van der Waals surface area (Å²) in [7, 11) is 1.66. The summed E-state index contributed by atoms with van der Waals surface area (Å²) in [4.78, 5) is 12.2. The highest BCUT2D eigenvalue weighted by Crippen LogP contribution is 2.24. The number of hydrogen-bond acceptors (Lipinski definition) is 4. The molecule has 2 aromatic heterocycles. The Morgan fingerprint density at radius 1 is 1.24 bits per heavy atom. The fourth-order valence-corrected chi connectivity index (χ4v) is 2.75. The summed E-state index contributed by atoms with van der Waals surface area (Å²) in [5.74, 6) is 0.863. The largest absolute Gasteiger partial charge is 0.496 e. The van der Waals surface area contributed by atoms with E-state index < -0.39 is 0 Å². The van der Waals surface area contributed by atoms with Crippen LogP contribution in [-0.2, 0) is 6.54 Å². The third kappa shape index (κ3) is 2.66. The Labute approximate surface area is 131 Å². The molecule has 0 aliphatic rings. The number of aryl methyl sites for hydroxylation is 1. The number of fused-ring (bicyclic) bond motifs is 1. The lowest BCUT2D eigenvalue weighted by atomic mass is 10.1. The van der Waals surface area contributed by atoms with Gasteiger partial charge in [0.1, 0.15) is 11.3 Å². The lowest BCUT2D eigenvalue weighted by molar-refractivity contribution is 0.411. The fraction of sp³-hybridized carbons (Fsp3) is 0.214. The van der Waals surface area contributed by atoms with Crippen LogP contribution in [0.4, 0.5) is 0 Å². The molecule has 108 valence electrons. The van der Waals surface area contributed by atoms with Gasteiger partial charge in [-0.2, -0.15) is 4.98 Å². The molecular formula is C14H12Cl2N4O. The average molecular weight is 323 g/mol. The predicted octanol–water partition coefficient (Wildman–Crippen LogP) is 3.50. The standard InChI is InChI=1S/C14H12Cl2N4O/c1-8-5-9(3-4-10(8)21-2)6-20-7-17-13-11(20)12(15)18-14(16)19-13/h3-5,7H,6H2,1-2H3. The molecule has 0 amide bonds. The van der Waals surface area contributed by atoms with Crippen LogP contribution in [0.1, 0.15) is 11.1 Å². The maximum atomic E-state index is 6.14. The lowest BCUT2D eigenvalue weighted by Crippen LogP contribution is -2.00. The predicted molar refractivity (Wildman–Crippen MR) is 82.2 cm³/mol. The number of benzene rings is 1. The molecule has 5 nitrogen and oxygen atoms in total. The van der Waals surface area contributed by atoms with Crippen molar-refractivity contribution < 1.29 is 4.74 Å². The van der Waals surface area contributed by atoms with E-state index in [1.807, 2.05) is 23.6 Å². The van der Waals surface area contributed by atoms with Gasteiger partial charge in [-0.05, 0) is 35.7 Å². The Morgan fingerprint density at radius 3 is 2.76 bits per heavy atom. The summed E-state index contributed by atoms with van der Waals surface area (Å²) >= 11 is 11.9. The topological polar surface area (TPSA) is 52.8 Å². The molecule has 0 atom stereocenters. The van der Waals surface area contributed by atoms with Crippen molar-refractivity contribution in [2.45, 2.75) is 13.5 Å². The second kappa shape index (κ2) is 5.50. The first-order valence-electron chi connectivity index (χ1n) is 6.26. The zero-order valence-corrected chi connectivity index (χ0v) is 13.0. The van der Waals surface area contributed by atoms with Gasteiger partial charge in [-0.15, -0.1) is 0 Å². The maximum absolute atomic E-state index is 6.14. The van der Waals surface area contributed by atoms with E-state index in [0.29, 0.717) is 22.9 Å². The number of methoxy groups -OCH3 is 1. The summed E-state index contributed by atoms with van der Waals surface area (Å²) < 4.78 is 7.16. The second-order valence-electron chi connectivity index (χ2n) is 4.63. The van der Waals surface area contributed by atoms with E-state index in [2.05, 4.69) is 21.0 Å². The first kappa shape index (κ1) is 14.1. The molecule has 0 aliphatic carbocycles. The summed E-state index contributed by atoms with van der Waals surface area (Å²) in [6.45, 7) is 2.62. The average Bonchev–Trinajstić information content (AvgIpc) is 2.82. The molecule has 7 heteroatoms. The van der Waals surface area contributed by atoms with Crippen LogP contribution in [0.25, 0.3) is 11.2 Å². The van der Waals surface area contributed by atoms with Gasteiger partial charge in [0, 0.05) is 6.54 Å². The number of aromatic nitrogens is 4. The van der Waals surface area contributed by atoms with Crippen LogP contribution in [0.2, 0.25) is 10.4 Å². The minimum Gasteiger partial charge on any atom is -0.496 e. The summed E-state index contributed by atoms with van der Waals surface area (Å²) in [6.07, 6.45) is 1.68. The van der Waals surface area contributed by atoms with Crippen molar-refractivity contribution in [2.75, 3.05) is 7.11 Å². The van der Waals surface area contributed by atoms with Crippen LogP contribution in [0.5, 0.6) is 5.75 Å². The molecule has 0 saturated carbocycles. The van der Waals surface area contributed by atoms with Crippen molar-refractivity contribution in [1.29, 1.82) is 0 Å². The number of hydrogen-bond donors (Lipinski definition) is 0. The third-order valence-corrected chi connectivity index (χ3v) is 3.65. The first-order valence-corrected chi connectivity index (χ1v) is 7.01. The van der Waals surface area contributed by atoms with E-state index in [-0.39, 0.29) is 5.28 Å². The number of imidazole rings is 1. The van der Waals surface area contributed by atoms with E-state index in [9.17, 15) is 0 Å². The third-order valence-electron chi connectivity index (χ3n) is 3.21. The Bertz CT molecular complexity index is 816. The summed E-state index contributed by atoms with van der Waals surface area (Å²) in [6, 6.07) is 6.01. The van der Waals surface area contributed by atoms with E-state index in [4.69, 9.17) is 27.9 Å². The molecule has 0 bridgehead atoms. The Hall–Kier alpha value is -1.85. The van der Waals surface area contributed by atoms with Crippen LogP contribution in [0.15, 0.2) is 24.5 Å². The molecule has 0 aliphatic heterocycles. The number of ether oxygens (including phenoxy) is 1. The fourth-order valence-electron chi connectivity index (χ4n) is 2.27. The number of halogens is 2. The van der Waals surface area contributed by atoms with Gasteiger partial charge in [-0.3, -0.25) is 0 Å². The van der Waals surface area contributed by atoms with Crippen molar-refractivity contribution in [3.8, 4) is 5.75 Å². The molecule has 3 rings (SSSR count). The van der Waals surface area contributed by atoms with Crippen LogP contribution < -0.4 is 4.74 Å². The zero-order chi connectivity index (χ0) is 15.0. The maximum Gasteiger partial charge on any atom is 0.225 e. The molecule has 1 aromatic carbocycles. The van der Waals surface area contributed by atoms with Gasteiger partial charge in [-0.1, -0.05) is 23.7 Å². The van der Waals surface area contributed by atoms with Crippen LogP contribution in [0.3, 0.4) is 0 Å². The van der Waals surface area contributed by atoms with Crippen LogP contribution in [-0.4, -0.2) is 26.6 Å². The van der Waals surface area contributed by atoms with Crippen LogP contribution in [0, 0.1) is 6.92 Å². The summed E-state index contributed by atoms with van der Waals surface area (Å²) in [5.41, 5.74) is 3.35. The van der Waals surface area contributed by atoms with Gasteiger partial charge in [-0.25, -0.2) is 9.97 Å². The highest BCUT2D eigenvalue weighted by atomic mass is 35.5. The van der Waals surface area contributed by atoms with Gasteiger partial charge in [0.2, 0.25) is 5.28 Å². The van der Waals surface area contributed by atoms with E-state index in [1.165, 1.54) is 0 Å². The molecule has 21 heavy (non-hydrogen) atoms. The minimum atomic E-state index is 0.0954. The molecule has 0 saturated heterocycles. The molecule has 0 unspecified atom stereocenters. The number of nitrogens with zero attached hydrogens (tertiary/aromatic N) is 4. The van der Waals surface area contributed by atoms with Crippen molar-refractivity contribution in [3.63, 3.8) is 0 Å². The normalized spacial score (nSPS) is 11.0. The highest BCUT2D eigenvalue weighted by molar-refractivity contribution is 6.35. The van der Waals surface area contributed by atoms with Crippen LogP contribution >= 0.6 is 23.2 Å². The molecular weight excluding hydrogens is 311 g/mol. The van der Waals surface area contributed by atoms with Gasteiger partial charge in [0.15, 0.2) is 10.8 Å².